The summed E-state index contributed by atoms with van der Waals surface area (Å²) in [6.45, 7) is 0. The number of nitrogens with zero attached hydrogens (tertiary/aromatic N) is 1. The number of hydrogen-bond acceptors (Lipinski definition) is 3. The Hall–Kier alpha value is -0.570. The zero-order valence-corrected chi connectivity index (χ0v) is 7.55. The van der Waals surface area contributed by atoms with Crippen LogP contribution < -0.4 is 5.59 Å². The van der Waals surface area contributed by atoms with Gasteiger partial charge in [-0.25, -0.2) is 0 Å². The molecule has 0 aromatic carbocycles. The van der Waals surface area contributed by atoms with E-state index < -0.39 is 0 Å². The Bertz CT molecular complexity index is 133. The monoisotopic (exact) mass is 170 g/mol. The highest BCUT2D eigenvalue weighted by molar-refractivity contribution is 5.84. The van der Waals surface area contributed by atoms with Crippen molar-refractivity contribution in [1.82, 2.24) is 5.59 Å². The zero-order valence-electron chi connectivity index (χ0n) is 7.55. The molecule has 3 heteroatoms. The largest absolute Gasteiger partial charge is 0.274 e. The molecule has 12 heavy (non-hydrogen) atoms. The summed E-state index contributed by atoms with van der Waals surface area (Å²) in [7, 11) is 0. The minimum Gasteiger partial charge on any atom is -0.274 e. The molecule has 0 bridgehead atoms. The van der Waals surface area contributed by atoms with Gasteiger partial charge in [0.15, 0.2) is 0 Å². The van der Waals surface area contributed by atoms with Crippen molar-refractivity contribution in [3.8, 4) is 0 Å². The standard InChI is InChI=1S/C9H18N2O/c12-11-10-9-7-5-3-1-2-4-6-8-9/h11-12H,1-8H2. The molecule has 1 aliphatic rings. The van der Waals surface area contributed by atoms with E-state index in [1.807, 2.05) is 5.59 Å². The minimum absolute atomic E-state index is 1.05. The van der Waals surface area contributed by atoms with E-state index in [0.29, 0.717) is 0 Å². The van der Waals surface area contributed by atoms with E-state index >= 15 is 0 Å². The quantitative estimate of drug-likeness (QED) is 0.594. The molecule has 0 atom stereocenters. The van der Waals surface area contributed by atoms with Gasteiger partial charge in [0.2, 0.25) is 0 Å². The third kappa shape index (κ3) is 3.72. The fraction of sp³-hybridized carbons (Fsp3) is 0.889. The Kier molecular flexibility index (Phi) is 4.76. The number of hydrazone groups is 1. The molecule has 0 radical (unpaired) electrons. The minimum atomic E-state index is 1.05. The molecular formula is C9H18N2O. The number of nitrogens with one attached hydrogen (secondary N) is 1. The second-order valence-electron chi connectivity index (χ2n) is 3.40. The molecule has 1 saturated carbocycles. The fourth-order valence-electron chi connectivity index (χ4n) is 1.67. The van der Waals surface area contributed by atoms with Crippen LogP contribution in [0.25, 0.3) is 0 Å². The van der Waals surface area contributed by atoms with E-state index in [-0.39, 0.29) is 0 Å². The van der Waals surface area contributed by atoms with Crippen molar-refractivity contribution in [2.45, 2.75) is 51.4 Å². The third-order valence-electron chi connectivity index (χ3n) is 2.39. The third-order valence-corrected chi connectivity index (χ3v) is 2.39. The molecular weight excluding hydrogens is 152 g/mol. The van der Waals surface area contributed by atoms with Crippen LogP contribution in [0.15, 0.2) is 5.10 Å². The van der Waals surface area contributed by atoms with Crippen LogP contribution in [-0.4, -0.2) is 10.9 Å². The summed E-state index contributed by atoms with van der Waals surface area (Å²) in [5.74, 6) is 0. The predicted octanol–water partition coefficient (Wildman–Crippen LogP) is 2.46. The fourth-order valence-corrected chi connectivity index (χ4v) is 1.67. The Morgan fingerprint density at radius 2 is 1.42 bits per heavy atom. The lowest BCUT2D eigenvalue weighted by Gasteiger charge is -2.01. The van der Waals surface area contributed by atoms with Gasteiger partial charge in [0.25, 0.3) is 0 Å². The molecule has 0 spiro atoms. The van der Waals surface area contributed by atoms with Crippen LogP contribution in [0.5, 0.6) is 0 Å². The molecule has 0 unspecified atom stereocenters. The highest BCUT2D eigenvalue weighted by Crippen LogP contribution is 2.14. The Morgan fingerprint density at radius 3 is 1.92 bits per heavy atom. The van der Waals surface area contributed by atoms with Crippen LogP contribution in [0.1, 0.15) is 51.4 Å². The smallest absolute Gasteiger partial charge is 0.0403 e. The molecule has 1 aliphatic carbocycles. The molecule has 0 aliphatic heterocycles. The molecule has 70 valence electrons. The maximum absolute atomic E-state index is 8.41. The normalized spacial score (nSPS) is 20.6. The van der Waals surface area contributed by atoms with E-state index in [9.17, 15) is 0 Å². The summed E-state index contributed by atoms with van der Waals surface area (Å²) in [6, 6.07) is 0. The van der Waals surface area contributed by atoms with Crippen LogP contribution in [0.2, 0.25) is 0 Å². The van der Waals surface area contributed by atoms with Gasteiger partial charge in [-0.2, -0.15) is 10.7 Å². The summed E-state index contributed by atoms with van der Waals surface area (Å²) >= 11 is 0. The summed E-state index contributed by atoms with van der Waals surface area (Å²) < 4.78 is 0. The van der Waals surface area contributed by atoms with Crippen molar-refractivity contribution in [3.05, 3.63) is 0 Å². The van der Waals surface area contributed by atoms with Crippen molar-refractivity contribution in [2.75, 3.05) is 0 Å². The predicted molar refractivity (Wildman–Crippen MR) is 49.3 cm³/mol. The van der Waals surface area contributed by atoms with E-state index in [1.54, 1.807) is 0 Å². The molecule has 3 nitrogen and oxygen atoms in total. The van der Waals surface area contributed by atoms with Crippen LogP contribution in [-0.2, 0) is 0 Å². The van der Waals surface area contributed by atoms with Crippen molar-refractivity contribution >= 4 is 5.71 Å². The molecule has 2 N–H and O–H groups in total. The average molecular weight is 170 g/mol. The first-order chi connectivity index (χ1) is 5.93. The van der Waals surface area contributed by atoms with Crippen LogP contribution in [0.3, 0.4) is 0 Å². The highest BCUT2D eigenvalue weighted by Gasteiger charge is 2.03. The summed E-state index contributed by atoms with van der Waals surface area (Å²) in [4.78, 5) is 0. The van der Waals surface area contributed by atoms with Gasteiger partial charge in [0, 0.05) is 5.71 Å². The number of hydrogen-bond donors (Lipinski definition) is 2. The Labute approximate surface area is 73.8 Å². The van der Waals surface area contributed by atoms with Gasteiger partial charge < -0.3 is 0 Å². The SMILES string of the molecule is ONN=C1CCCCCCCC1. The lowest BCUT2D eigenvalue weighted by molar-refractivity contribution is 0.171. The van der Waals surface area contributed by atoms with Gasteiger partial charge in [-0.1, -0.05) is 25.7 Å². The molecule has 0 aromatic rings. The zero-order chi connectivity index (χ0) is 8.65. The van der Waals surface area contributed by atoms with Crippen LogP contribution in [0, 0.1) is 0 Å². The molecule has 0 aromatic heterocycles. The highest BCUT2D eigenvalue weighted by atomic mass is 16.5. The molecule has 0 heterocycles. The lowest BCUT2D eigenvalue weighted by Crippen LogP contribution is -2.05. The van der Waals surface area contributed by atoms with Gasteiger partial charge in [0.1, 0.15) is 0 Å². The maximum Gasteiger partial charge on any atom is 0.0403 e. The van der Waals surface area contributed by atoms with Gasteiger partial charge in [-0.15, -0.1) is 0 Å². The summed E-state index contributed by atoms with van der Waals surface area (Å²) in [6.07, 6.45) is 9.89. The van der Waals surface area contributed by atoms with Crippen LogP contribution >= 0.6 is 0 Å². The topological polar surface area (TPSA) is 44.6 Å². The average Bonchev–Trinajstić information content (AvgIpc) is 2.19. The van der Waals surface area contributed by atoms with E-state index in [4.69, 9.17) is 5.21 Å². The second-order valence-corrected chi connectivity index (χ2v) is 3.40. The van der Waals surface area contributed by atoms with Crippen molar-refractivity contribution in [3.63, 3.8) is 0 Å². The summed E-state index contributed by atoms with van der Waals surface area (Å²) in [5.41, 5.74) is 3.02. The molecule has 1 fully saturated rings. The molecule has 0 amide bonds. The van der Waals surface area contributed by atoms with E-state index in [2.05, 4.69) is 5.10 Å². The summed E-state index contributed by atoms with van der Waals surface area (Å²) in [5, 5.41) is 12.3. The van der Waals surface area contributed by atoms with Gasteiger partial charge in [-0.05, 0) is 25.7 Å². The maximum atomic E-state index is 8.41. The van der Waals surface area contributed by atoms with E-state index in [0.717, 1.165) is 18.6 Å². The first kappa shape index (κ1) is 9.52. The van der Waals surface area contributed by atoms with Gasteiger partial charge in [0.05, 0.1) is 0 Å². The first-order valence-corrected chi connectivity index (χ1v) is 4.88. The molecule has 1 rings (SSSR count). The van der Waals surface area contributed by atoms with Gasteiger partial charge >= 0.3 is 0 Å². The van der Waals surface area contributed by atoms with Crippen LogP contribution in [0.4, 0.5) is 0 Å². The molecule has 0 saturated heterocycles. The Balaban J connectivity index is 2.33. The van der Waals surface area contributed by atoms with Gasteiger partial charge in [-0.3, -0.25) is 5.21 Å². The Morgan fingerprint density at radius 1 is 0.917 bits per heavy atom. The van der Waals surface area contributed by atoms with Crippen molar-refractivity contribution in [2.24, 2.45) is 5.10 Å². The van der Waals surface area contributed by atoms with E-state index in [1.165, 1.54) is 38.5 Å². The number of rotatable bonds is 1. The second kappa shape index (κ2) is 6.00. The van der Waals surface area contributed by atoms with Crippen molar-refractivity contribution in [1.29, 1.82) is 0 Å². The lowest BCUT2D eigenvalue weighted by atomic mass is 10.1. The first-order valence-electron chi connectivity index (χ1n) is 4.88. The van der Waals surface area contributed by atoms with Crippen molar-refractivity contribution < 1.29 is 5.21 Å².